The number of carboxylic acid groups (broad SMARTS) is 2. The topological polar surface area (TPSA) is 608 Å². The van der Waals surface area contributed by atoms with E-state index >= 15 is 0 Å². The first-order valence-electron chi connectivity index (χ1n) is 25.6. The highest BCUT2D eigenvalue weighted by atomic mass is 32.3. The zero-order valence-electron chi connectivity index (χ0n) is 48.5. The molecule has 11 unspecified atom stereocenters. The number of nitrogens with one attached hydrogen (secondary N) is 1. The predicted octanol–water partition coefficient (Wildman–Crippen LogP) is -6.04. The molecular weight excluding hydrogens is 1390 g/mol. The van der Waals surface area contributed by atoms with E-state index in [1.54, 1.807) is 0 Å². The summed E-state index contributed by atoms with van der Waals surface area (Å²) in [6.45, 7) is -2.26. The standard InChI is InChI=1S/C40H69NO44S6/c1-10-14-19(15(11-71-88(51,52)53)75-37(70-9)20(14)83-85-86(46)47)77-39-32(68-7)25(65-4)27(29(81-39)34(42)43)79-36-18(41-87(48,49)50)23(84-91(60,61)62)22(17(74-36)13-73-90(57,58)59)78-40-33(69-8)26(66-5)28(30(82-40)35(44)45)80-38-31(67-6)24(64-3)21(63-2)16(76-38)12-72-89(54,55)56/h14-33,36-41H,10-13H2,1-9H3,(H,42,43)(H,44,45)(H,46,47)(H,48,49,50)(H,51,52,53)(H,54,55,56)(H,57,58,59)(H,60,61,62)/t14?,15-,16-,17?,18?,19+,20?,21-,22+,23-,24?,25-,26?,27-,28+,29?,30+,31?,32?,33?,36+,37+,38-,39-,40+/m1/s1. The molecule has 45 nitrogen and oxygen atoms in total. The maximum Gasteiger partial charge on any atom is 0.397 e. The van der Waals surface area contributed by atoms with Crippen molar-refractivity contribution in [1.82, 2.24) is 4.72 Å². The monoisotopic (exact) mass is 1460 g/mol. The van der Waals surface area contributed by atoms with Gasteiger partial charge in [-0.2, -0.15) is 51.0 Å². The molecule has 0 aliphatic carbocycles. The molecule has 91 heavy (non-hydrogen) atoms. The van der Waals surface area contributed by atoms with E-state index in [1.807, 2.05) is 0 Å². The molecule has 0 aromatic carbocycles. The first kappa shape index (κ1) is 79.3. The molecule has 26 atom stereocenters. The summed E-state index contributed by atoms with van der Waals surface area (Å²) in [6.07, 6.45) is -46.5. The Bertz CT molecular complexity index is 2970. The molecule has 0 amide bonds. The van der Waals surface area contributed by atoms with Crippen molar-refractivity contribution >= 4 is 75.2 Å². The van der Waals surface area contributed by atoms with Crippen LogP contribution >= 0.6 is 0 Å². The third-order valence-corrected chi connectivity index (χ3v) is 16.7. The summed E-state index contributed by atoms with van der Waals surface area (Å²) < 4.78 is 315. The second kappa shape index (κ2) is 33.7. The molecule has 5 rings (SSSR count). The highest BCUT2D eigenvalue weighted by Gasteiger charge is 2.61. The van der Waals surface area contributed by atoms with E-state index in [-0.39, 0.29) is 6.42 Å². The lowest BCUT2D eigenvalue weighted by Crippen LogP contribution is -2.71. The van der Waals surface area contributed by atoms with Gasteiger partial charge in [0.05, 0.1) is 25.9 Å². The maximum absolute atomic E-state index is 13.4. The minimum atomic E-state index is -6.07. The Morgan fingerprint density at radius 2 is 0.780 bits per heavy atom. The predicted molar refractivity (Wildman–Crippen MR) is 279 cm³/mol. The fourth-order valence-corrected chi connectivity index (χ4v) is 12.8. The van der Waals surface area contributed by atoms with E-state index in [4.69, 9.17) is 89.6 Å². The minimum absolute atomic E-state index is 0.129. The van der Waals surface area contributed by atoms with Gasteiger partial charge in [-0.3, -0.25) is 27.3 Å². The molecule has 5 heterocycles. The smallest absolute Gasteiger partial charge is 0.397 e. The van der Waals surface area contributed by atoms with Crippen LogP contribution in [0.2, 0.25) is 0 Å². The van der Waals surface area contributed by atoms with Crippen molar-refractivity contribution in [3.63, 3.8) is 0 Å². The Labute approximate surface area is 521 Å². The van der Waals surface area contributed by atoms with Crippen LogP contribution in [-0.4, -0.2) is 320 Å². The van der Waals surface area contributed by atoms with Gasteiger partial charge >= 0.3 is 75.2 Å². The Morgan fingerprint density at radius 3 is 1.14 bits per heavy atom. The zero-order valence-corrected chi connectivity index (χ0v) is 53.4. The lowest BCUT2D eigenvalue weighted by atomic mass is 9.86. The zero-order chi connectivity index (χ0) is 68.5. The summed E-state index contributed by atoms with van der Waals surface area (Å²) in [5.74, 6) is -5.24. The summed E-state index contributed by atoms with van der Waals surface area (Å²) in [5, 5.41) is 21.5. The van der Waals surface area contributed by atoms with Crippen molar-refractivity contribution in [3.05, 3.63) is 0 Å². The van der Waals surface area contributed by atoms with Gasteiger partial charge in [0.15, 0.2) is 49.8 Å². The van der Waals surface area contributed by atoms with E-state index in [1.165, 1.54) is 11.6 Å². The molecule has 0 aromatic rings. The number of carboxylic acids is 2. The number of ether oxygens (including phenoxy) is 17. The van der Waals surface area contributed by atoms with Crippen LogP contribution in [0.3, 0.4) is 0 Å². The molecule has 5 fully saturated rings. The van der Waals surface area contributed by atoms with Crippen LogP contribution in [0.1, 0.15) is 13.3 Å². The summed E-state index contributed by atoms with van der Waals surface area (Å²) >= 11 is -3.10. The van der Waals surface area contributed by atoms with E-state index in [9.17, 15) is 93.4 Å². The fraction of sp³-hybridized carbons (Fsp3) is 0.950. The highest BCUT2D eigenvalue weighted by molar-refractivity contribution is 7.83. The number of aliphatic carboxylic acids is 2. The maximum atomic E-state index is 13.4. The van der Waals surface area contributed by atoms with Crippen molar-refractivity contribution in [3.8, 4) is 0 Å². The molecule has 5 aliphatic rings. The quantitative estimate of drug-likeness (QED) is 0.0123. The number of hydrogen-bond acceptors (Lipinski definition) is 36. The molecule has 5 saturated heterocycles. The van der Waals surface area contributed by atoms with Gasteiger partial charge in [0.2, 0.25) is 0 Å². The first-order chi connectivity index (χ1) is 42.3. The van der Waals surface area contributed by atoms with Gasteiger partial charge in [-0.05, 0) is 6.42 Å². The molecule has 9 N–H and O–H groups in total. The number of carbonyl (C=O) groups is 2. The third kappa shape index (κ3) is 21.6. The van der Waals surface area contributed by atoms with Crippen LogP contribution < -0.4 is 4.72 Å². The molecular formula is C40H69NO44S6. The van der Waals surface area contributed by atoms with Crippen LogP contribution in [0.4, 0.5) is 0 Å². The van der Waals surface area contributed by atoms with Crippen molar-refractivity contribution in [2.24, 2.45) is 5.92 Å². The van der Waals surface area contributed by atoms with Crippen molar-refractivity contribution in [2.75, 3.05) is 76.7 Å². The van der Waals surface area contributed by atoms with E-state index in [0.717, 1.165) is 56.9 Å². The van der Waals surface area contributed by atoms with Crippen LogP contribution in [0, 0.1) is 5.92 Å². The van der Waals surface area contributed by atoms with Gasteiger partial charge in [0.1, 0.15) is 91.5 Å². The molecule has 0 bridgehead atoms. The lowest BCUT2D eigenvalue weighted by Gasteiger charge is -2.51. The lowest BCUT2D eigenvalue weighted by molar-refractivity contribution is -0.392. The second-order valence-corrected chi connectivity index (χ2v) is 25.4. The summed E-state index contributed by atoms with van der Waals surface area (Å²) in [5.41, 5.74) is 0. The first-order valence-corrected chi connectivity index (χ1v) is 33.5. The molecule has 51 heteroatoms. The highest BCUT2D eigenvalue weighted by Crippen LogP contribution is 2.41. The van der Waals surface area contributed by atoms with Gasteiger partial charge in [-0.15, -0.1) is 4.33 Å². The Morgan fingerprint density at radius 1 is 0.429 bits per heavy atom. The number of hydrogen-bond donors (Lipinski definition) is 9. The van der Waals surface area contributed by atoms with E-state index in [2.05, 4.69) is 16.9 Å². The SMILES string of the molecule is CCC1C(OOS(=O)O)[C@@H](OC)O[C@H](COS(=O)(=O)O)[C@H]1O[C@@H]1OC(C(=O)O)[C@H](O[C@@H]2OC(COS(=O)(=O)O)[C@H](O[C@H]3O[C@H](C(=O)O)[C@@H](O[C@H]4O[C@H](COS(=O)(=O)O)[C@@H](OC)C(OC)C4OC)C(OC)C3OC)[C@H](OS(=O)(=O)O)C2NS(=O)(=O)O)[C@@H](OC)C1OC. The Hall–Kier alpha value is -2.36. The van der Waals surface area contributed by atoms with Crippen LogP contribution in [-0.2, 0) is 179 Å². The summed E-state index contributed by atoms with van der Waals surface area (Å²) in [7, 11) is -19.8. The summed E-state index contributed by atoms with van der Waals surface area (Å²) in [6, 6.07) is -2.80. The van der Waals surface area contributed by atoms with Gasteiger partial charge in [0.25, 0.3) is 0 Å². The normalized spacial score (nSPS) is 38.5. The van der Waals surface area contributed by atoms with Crippen molar-refractivity contribution < 1.29 is 200 Å². The number of methoxy groups -OCH3 is 8. The van der Waals surface area contributed by atoms with Gasteiger partial charge < -0.3 is 90.7 Å². The second-order valence-electron chi connectivity index (χ2n) is 19.4. The number of rotatable bonds is 35. The molecule has 0 spiro atoms. The van der Waals surface area contributed by atoms with Crippen molar-refractivity contribution in [2.45, 2.75) is 161 Å². The van der Waals surface area contributed by atoms with E-state index < -0.39 is 248 Å². The van der Waals surface area contributed by atoms with Crippen LogP contribution in [0.25, 0.3) is 0 Å². The van der Waals surface area contributed by atoms with Gasteiger partial charge in [-0.1, -0.05) is 6.92 Å². The average molecular weight is 1460 g/mol. The molecule has 0 aromatic heterocycles. The minimum Gasteiger partial charge on any atom is -0.479 e. The summed E-state index contributed by atoms with van der Waals surface area (Å²) in [4.78, 5) is 31.7. The third-order valence-electron chi connectivity index (χ3n) is 14.1. The average Bonchev–Trinajstić information content (AvgIpc) is 0.769. The molecule has 0 radical (unpaired) electrons. The Balaban J connectivity index is 1.60. The van der Waals surface area contributed by atoms with Crippen molar-refractivity contribution in [1.29, 1.82) is 0 Å². The molecule has 5 aliphatic heterocycles. The largest absolute Gasteiger partial charge is 0.479 e. The Kier molecular flexibility index (Phi) is 29.4. The van der Waals surface area contributed by atoms with Crippen LogP contribution in [0.5, 0.6) is 0 Å². The van der Waals surface area contributed by atoms with E-state index in [0.29, 0.717) is 0 Å². The molecule has 0 saturated carbocycles. The van der Waals surface area contributed by atoms with Gasteiger partial charge in [0, 0.05) is 62.8 Å². The fourth-order valence-electron chi connectivity index (χ4n) is 10.6. The van der Waals surface area contributed by atoms with Gasteiger partial charge in [-0.25, -0.2) is 31.2 Å². The van der Waals surface area contributed by atoms with Crippen LogP contribution in [0.15, 0.2) is 0 Å². The molecule has 534 valence electrons.